The Bertz CT molecular complexity index is 539. The van der Waals surface area contributed by atoms with Crippen molar-refractivity contribution < 1.29 is 8.42 Å². The maximum absolute atomic E-state index is 11.6. The molecule has 1 saturated heterocycles. The number of aryl methyl sites for hydroxylation is 2. The van der Waals surface area contributed by atoms with Crippen LogP contribution in [0, 0.1) is 13.8 Å². The predicted octanol–water partition coefficient (Wildman–Crippen LogP) is 0.929. The molecule has 0 aromatic carbocycles. The Morgan fingerprint density at radius 3 is 2.74 bits per heavy atom. The summed E-state index contributed by atoms with van der Waals surface area (Å²) in [4.78, 5) is 8.55. The molecule has 106 valence electrons. The van der Waals surface area contributed by atoms with Gasteiger partial charge in [-0.05, 0) is 26.7 Å². The third-order valence-electron chi connectivity index (χ3n) is 3.17. The number of hydrogen-bond acceptors (Lipinski definition) is 5. The van der Waals surface area contributed by atoms with E-state index in [9.17, 15) is 8.42 Å². The fourth-order valence-electron chi connectivity index (χ4n) is 2.36. The van der Waals surface area contributed by atoms with Crippen LogP contribution in [0.15, 0.2) is 6.07 Å². The van der Waals surface area contributed by atoms with Crippen molar-refractivity contribution in [3.8, 4) is 0 Å². The van der Waals surface area contributed by atoms with Gasteiger partial charge in [0.05, 0.1) is 6.26 Å². The highest BCUT2D eigenvalue weighted by atomic mass is 32.2. The third kappa shape index (κ3) is 3.87. The number of sulfonamides is 1. The van der Waals surface area contributed by atoms with E-state index in [0.29, 0.717) is 13.1 Å². The van der Waals surface area contributed by atoms with Crippen molar-refractivity contribution >= 4 is 15.8 Å². The molecule has 1 N–H and O–H groups in total. The second kappa shape index (κ2) is 5.42. The van der Waals surface area contributed by atoms with E-state index in [1.807, 2.05) is 19.9 Å². The molecule has 7 heteroatoms. The molecule has 1 aliphatic heterocycles. The van der Waals surface area contributed by atoms with Crippen LogP contribution in [0.3, 0.4) is 0 Å². The van der Waals surface area contributed by atoms with Gasteiger partial charge in [-0.15, -0.1) is 0 Å². The SMILES string of the molecule is Cc1cc(NC2CCCN(S(C)(=O)=O)C2)nc(C)n1. The van der Waals surface area contributed by atoms with Gasteiger partial charge in [0.2, 0.25) is 10.0 Å². The molecule has 0 radical (unpaired) electrons. The van der Waals surface area contributed by atoms with Gasteiger partial charge < -0.3 is 5.32 Å². The summed E-state index contributed by atoms with van der Waals surface area (Å²) in [6, 6.07) is 1.99. The first-order valence-electron chi connectivity index (χ1n) is 6.38. The molecule has 19 heavy (non-hydrogen) atoms. The van der Waals surface area contributed by atoms with Crippen molar-refractivity contribution in [2.45, 2.75) is 32.7 Å². The molecular formula is C12H20N4O2S. The fraction of sp³-hybridized carbons (Fsp3) is 0.667. The lowest BCUT2D eigenvalue weighted by molar-refractivity contribution is 0.329. The van der Waals surface area contributed by atoms with Crippen molar-refractivity contribution in [3.63, 3.8) is 0 Å². The van der Waals surface area contributed by atoms with E-state index in [1.165, 1.54) is 10.6 Å². The molecule has 1 aromatic rings. The first-order valence-corrected chi connectivity index (χ1v) is 8.23. The summed E-state index contributed by atoms with van der Waals surface area (Å²) in [5.41, 5.74) is 0.908. The van der Waals surface area contributed by atoms with Gasteiger partial charge in [0.25, 0.3) is 0 Å². The lowest BCUT2D eigenvalue weighted by Crippen LogP contribution is -2.44. The summed E-state index contributed by atoms with van der Waals surface area (Å²) in [7, 11) is -3.11. The van der Waals surface area contributed by atoms with Gasteiger partial charge in [-0.25, -0.2) is 22.7 Å². The van der Waals surface area contributed by atoms with Crippen LogP contribution in [0.2, 0.25) is 0 Å². The number of hydrogen-bond donors (Lipinski definition) is 1. The number of nitrogens with one attached hydrogen (secondary N) is 1. The quantitative estimate of drug-likeness (QED) is 0.893. The third-order valence-corrected chi connectivity index (χ3v) is 4.44. The molecule has 0 saturated carbocycles. The van der Waals surface area contributed by atoms with Crippen LogP contribution in [-0.2, 0) is 10.0 Å². The second-order valence-electron chi connectivity index (χ2n) is 5.05. The van der Waals surface area contributed by atoms with Crippen molar-refractivity contribution in [3.05, 3.63) is 17.6 Å². The van der Waals surface area contributed by atoms with Crippen LogP contribution >= 0.6 is 0 Å². The minimum absolute atomic E-state index is 0.108. The zero-order valence-electron chi connectivity index (χ0n) is 11.5. The number of piperidine rings is 1. The van der Waals surface area contributed by atoms with Gasteiger partial charge in [0.1, 0.15) is 11.6 Å². The van der Waals surface area contributed by atoms with E-state index in [4.69, 9.17) is 0 Å². The zero-order valence-corrected chi connectivity index (χ0v) is 12.4. The number of aromatic nitrogens is 2. The molecule has 2 rings (SSSR count). The number of anilines is 1. The Kier molecular flexibility index (Phi) is 4.05. The Hall–Kier alpha value is -1.21. The van der Waals surface area contributed by atoms with Crippen molar-refractivity contribution in [2.75, 3.05) is 24.7 Å². The average molecular weight is 284 g/mol. The molecule has 1 atom stereocenters. The van der Waals surface area contributed by atoms with Crippen LogP contribution in [0.25, 0.3) is 0 Å². The Morgan fingerprint density at radius 2 is 2.11 bits per heavy atom. The van der Waals surface area contributed by atoms with Crippen LogP contribution in [-0.4, -0.2) is 48.1 Å². The largest absolute Gasteiger partial charge is 0.366 e. The van der Waals surface area contributed by atoms with Crippen LogP contribution in [0.5, 0.6) is 0 Å². The van der Waals surface area contributed by atoms with E-state index < -0.39 is 10.0 Å². The molecule has 0 amide bonds. The smallest absolute Gasteiger partial charge is 0.211 e. The van der Waals surface area contributed by atoms with Crippen LogP contribution in [0.1, 0.15) is 24.4 Å². The minimum atomic E-state index is -3.11. The molecule has 0 bridgehead atoms. The fourth-order valence-corrected chi connectivity index (χ4v) is 3.27. The maximum atomic E-state index is 11.6. The van der Waals surface area contributed by atoms with E-state index in [1.54, 1.807) is 0 Å². The second-order valence-corrected chi connectivity index (χ2v) is 7.03. The molecule has 1 aromatic heterocycles. The van der Waals surface area contributed by atoms with E-state index >= 15 is 0 Å². The Labute approximate surface area is 114 Å². The monoisotopic (exact) mass is 284 g/mol. The first kappa shape index (κ1) is 14.2. The maximum Gasteiger partial charge on any atom is 0.211 e. The van der Waals surface area contributed by atoms with Gasteiger partial charge >= 0.3 is 0 Å². The van der Waals surface area contributed by atoms with Gasteiger partial charge in [-0.2, -0.15) is 0 Å². The lowest BCUT2D eigenvalue weighted by atomic mass is 10.1. The van der Waals surface area contributed by atoms with Crippen molar-refractivity contribution in [1.82, 2.24) is 14.3 Å². The average Bonchev–Trinajstić information content (AvgIpc) is 2.26. The molecule has 2 heterocycles. The van der Waals surface area contributed by atoms with E-state index in [-0.39, 0.29) is 6.04 Å². The summed E-state index contributed by atoms with van der Waals surface area (Å²) in [6.07, 6.45) is 3.08. The minimum Gasteiger partial charge on any atom is -0.366 e. The molecule has 0 aliphatic carbocycles. The lowest BCUT2D eigenvalue weighted by Gasteiger charge is -2.31. The van der Waals surface area contributed by atoms with E-state index in [0.717, 1.165) is 30.2 Å². The predicted molar refractivity (Wildman–Crippen MR) is 74.6 cm³/mol. The van der Waals surface area contributed by atoms with Gasteiger partial charge in [-0.3, -0.25) is 0 Å². The standard InChI is InChI=1S/C12H20N4O2S/c1-9-7-12(14-10(2)13-9)15-11-5-4-6-16(8-11)19(3,17)18/h7,11H,4-6,8H2,1-3H3,(H,13,14,15). The Morgan fingerprint density at radius 1 is 1.37 bits per heavy atom. The number of rotatable bonds is 3. The summed E-state index contributed by atoms with van der Waals surface area (Å²) in [6.45, 7) is 4.88. The summed E-state index contributed by atoms with van der Waals surface area (Å²) in [5, 5.41) is 3.31. The van der Waals surface area contributed by atoms with Gasteiger partial charge in [-0.1, -0.05) is 0 Å². The molecule has 0 spiro atoms. The number of nitrogens with zero attached hydrogens (tertiary/aromatic N) is 3. The Balaban J connectivity index is 2.06. The van der Waals surface area contributed by atoms with Crippen molar-refractivity contribution in [2.24, 2.45) is 0 Å². The molecule has 1 aliphatic rings. The van der Waals surface area contributed by atoms with Gasteiger partial charge in [0, 0.05) is 30.9 Å². The molecule has 6 nitrogen and oxygen atoms in total. The molecule has 1 fully saturated rings. The topological polar surface area (TPSA) is 75.2 Å². The highest BCUT2D eigenvalue weighted by Crippen LogP contribution is 2.17. The highest BCUT2D eigenvalue weighted by Gasteiger charge is 2.25. The highest BCUT2D eigenvalue weighted by molar-refractivity contribution is 7.88. The normalized spacial score (nSPS) is 21.3. The van der Waals surface area contributed by atoms with Gasteiger partial charge in [0.15, 0.2) is 0 Å². The first-order chi connectivity index (χ1) is 8.84. The molecular weight excluding hydrogens is 264 g/mol. The van der Waals surface area contributed by atoms with Crippen LogP contribution in [0.4, 0.5) is 5.82 Å². The summed E-state index contributed by atoms with van der Waals surface area (Å²) < 4.78 is 24.7. The van der Waals surface area contributed by atoms with Crippen LogP contribution < -0.4 is 5.32 Å². The van der Waals surface area contributed by atoms with Crippen molar-refractivity contribution in [1.29, 1.82) is 0 Å². The summed E-state index contributed by atoms with van der Waals surface area (Å²) in [5.74, 6) is 1.49. The summed E-state index contributed by atoms with van der Waals surface area (Å²) >= 11 is 0. The van der Waals surface area contributed by atoms with E-state index in [2.05, 4.69) is 15.3 Å². The zero-order chi connectivity index (χ0) is 14.0. The molecule has 1 unspecified atom stereocenters.